The molecule has 0 fully saturated rings. The van der Waals surface area contributed by atoms with Crippen LogP contribution in [0.3, 0.4) is 0 Å². The highest BCUT2D eigenvalue weighted by molar-refractivity contribution is 5.62. The first-order valence-electron chi connectivity index (χ1n) is 3.82. The maximum atomic E-state index is 9.00. The van der Waals surface area contributed by atoms with Crippen molar-refractivity contribution in [1.82, 2.24) is 4.98 Å². The second kappa shape index (κ2) is 6.14. The first kappa shape index (κ1) is 11.6. The van der Waals surface area contributed by atoms with Crippen molar-refractivity contribution < 1.29 is 15.0 Å². The molecule has 0 bridgehead atoms. The molecule has 1 heterocycles. The van der Waals surface area contributed by atoms with Crippen LogP contribution < -0.4 is 0 Å². The summed E-state index contributed by atoms with van der Waals surface area (Å²) in [6, 6.07) is 5.48. The van der Waals surface area contributed by atoms with Gasteiger partial charge in [0.15, 0.2) is 0 Å². The summed E-state index contributed by atoms with van der Waals surface area (Å²) in [5.41, 5.74) is 0.720. The Labute approximate surface area is 76.9 Å². The number of rotatable bonds is 1. The molecule has 0 aliphatic rings. The summed E-state index contributed by atoms with van der Waals surface area (Å²) in [6.07, 6.45) is 1.22. The molecule has 0 saturated carbocycles. The van der Waals surface area contributed by atoms with E-state index < -0.39 is 12.1 Å². The van der Waals surface area contributed by atoms with E-state index in [-0.39, 0.29) is 0 Å². The number of carbonyl (C=O) groups is 1. The zero-order chi connectivity index (χ0) is 10.3. The minimum atomic E-state index is -0.833. The van der Waals surface area contributed by atoms with Gasteiger partial charge in [0.2, 0.25) is 0 Å². The van der Waals surface area contributed by atoms with Crippen molar-refractivity contribution in [3.05, 3.63) is 30.1 Å². The first-order chi connectivity index (χ1) is 6.04. The molecular formula is C9H13NO3. The molecule has 1 aromatic rings. The number of aliphatic carboxylic acids is 1. The standard InChI is InChI=1S/C7H9NO.C2H4O2/c1-6(9)7-4-2-3-5-8-7;1-2(3)4/h2-6,9H,1H3;1H3,(H,3,4). The van der Waals surface area contributed by atoms with Crippen molar-refractivity contribution >= 4 is 5.97 Å². The van der Waals surface area contributed by atoms with Crippen molar-refractivity contribution in [3.63, 3.8) is 0 Å². The Morgan fingerprint density at radius 2 is 2.08 bits per heavy atom. The number of carboxylic acid groups (broad SMARTS) is 1. The van der Waals surface area contributed by atoms with Crippen molar-refractivity contribution in [3.8, 4) is 0 Å². The number of hydrogen-bond acceptors (Lipinski definition) is 3. The van der Waals surface area contributed by atoms with E-state index in [2.05, 4.69) is 4.98 Å². The second-order valence-corrected chi connectivity index (χ2v) is 2.45. The average molecular weight is 183 g/mol. The lowest BCUT2D eigenvalue weighted by Gasteiger charge is -1.99. The van der Waals surface area contributed by atoms with Gasteiger partial charge in [0.25, 0.3) is 5.97 Å². The molecule has 0 amide bonds. The predicted molar refractivity (Wildman–Crippen MR) is 48.2 cm³/mol. The molecule has 0 aliphatic carbocycles. The Bertz CT molecular complexity index is 242. The molecule has 1 rings (SSSR count). The first-order valence-corrected chi connectivity index (χ1v) is 3.82. The zero-order valence-corrected chi connectivity index (χ0v) is 7.64. The fraction of sp³-hybridized carbons (Fsp3) is 0.333. The van der Waals surface area contributed by atoms with Gasteiger partial charge in [0.1, 0.15) is 0 Å². The topological polar surface area (TPSA) is 70.4 Å². The van der Waals surface area contributed by atoms with Gasteiger partial charge in [0.05, 0.1) is 11.8 Å². The SMILES string of the molecule is CC(=O)O.CC(O)c1ccccn1. The Morgan fingerprint density at radius 3 is 2.31 bits per heavy atom. The molecule has 4 nitrogen and oxygen atoms in total. The van der Waals surface area contributed by atoms with Crippen LogP contribution in [0.25, 0.3) is 0 Å². The van der Waals surface area contributed by atoms with E-state index in [9.17, 15) is 0 Å². The van der Waals surface area contributed by atoms with E-state index in [1.165, 1.54) is 0 Å². The van der Waals surface area contributed by atoms with E-state index in [0.717, 1.165) is 12.6 Å². The predicted octanol–water partition coefficient (Wildman–Crippen LogP) is 1.23. The fourth-order valence-corrected chi connectivity index (χ4v) is 0.623. The van der Waals surface area contributed by atoms with Gasteiger partial charge in [-0.25, -0.2) is 0 Å². The minimum absolute atomic E-state index is 0.453. The quantitative estimate of drug-likeness (QED) is 0.686. The Balaban J connectivity index is 0.000000310. The molecule has 13 heavy (non-hydrogen) atoms. The van der Waals surface area contributed by atoms with Gasteiger partial charge in [-0.2, -0.15) is 0 Å². The van der Waals surface area contributed by atoms with Crippen molar-refractivity contribution in [2.75, 3.05) is 0 Å². The van der Waals surface area contributed by atoms with Crippen LogP contribution in [0.4, 0.5) is 0 Å². The molecule has 4 heteroatoms. The third-order valence-corrected chi connectivity index (χ3v) is 1.12. The summed E-state index contributed by atoms with van der Waals surface area (Å²) in [5.74, 6) is -0.833. The average Bonchev–Trinajstić information content (AvgIpc) is 2.05. The molecule has 0 aliphatic heterocycles. The number of carboxylic acids is 1. The largest absolute Gasteiger partial charge is 0.481 e. The molecule has 1 unspecified atom stereocenters. The molecule has 72 valence electrons. The van der Waals surface area contributed by atoms with Gasteiger partial charge in [0, 0.05) is 13.1 Å². The summed E-state index contributed by atoms with van der Waals surface area (Å²) in [4.78, 5) is 12.9. The third kappa shape index (κ3) is 6.96. The Hall–Kier alpha value is -1.42. The molecule has 0 aromatic carbocycles. The zero-order valence-electron chi connectivity index (χ0n) is 7.64. The van der Waals surface area contributed by atoms with E-state index in [1.54, 1.807) is 19.2 Å². The van der Waals surface area contributed by atoms with Crippen LogP contribution in [-0.2, 0) is 4.79 Å². The Kier molecular flexibility index (Phi) is 5.47. The summed E-state index contributed by atoms with van der Waals surface area (Å²) in [5, 5.41) is 16.4. The monoisotopic (exact) mass is 183 g/mol. The fourth-order valence-electron chi connectivity index (χ4n) is 0.623. The van der Waals surface area contributed by atoms with Gasteiger partial charge in [-0.15, -0.1) is 0 Å². The summed E-state index contributed by atoms with van der Waals surface area (Å²) < 4.78 is 0. The molecular weight excluding hydrogens is 170 g/mol. The van der Waals surface area contributed by atoms with Crippen LogP contribution in [0.1, 0.15) is 25.6 Å². The van der Waals surface area contributed by atoms with Gasteiger partial charge >= 0.3 is 0 Å². The smallest absolute Gasteiger partial charge is 0.300 e. The summed E-state index contributed by atoms with van der Waals surface area (Å²) in [6.45, 7) is 2.78. The van der Waals surface area contributed by atoms with Gasteiger partial charge in [-0.05, 0) is 19.1 Å². The highest BCUT2D eigenvalue weighted by Gasteiger charge is 1.97. The van der Waals surface area contributed by atoms with Crippen molar-refractivity contribution in [2.24, 2.45) is 0 Å². The maximum Gasteiger partial charge on any atom is 0.300 e. The third-order valence-electron chi connectivity index (χ3n) is 1.12. The van der Waals surface area contributed by atoms with Crippen molar-refractivity contribution in [2.45, 2.75) is 20.0 Å². The maximum absolute atomic E-state index is 9.00. The van der Waals surface area contributed by atoms with Crippen LogP contribution in [0.2, 0.25) is 0 Å². The van der Waals surface area contributed by atoms with Crippen LogP contribution in [0, 0.1) is 0 Å². The molecule has 0 radical (unpaired) electrons. The van der Waals surface area contributed by atoms with E-state index >= 15 is 0 Å². The van der Waals surface area contributed by atoms with Crippen LogP contribution in [0.15, 0.2) is 24.4 Å². The molecule has 0 spiro atoms. The molecule has 1 atom stereocenters. The van der Waals surface area contributed by atoms with Crippen LogP contribution in [0.5, 0.6) is 0 Å². The van der Waals surface area contributed by atoms with E-state index in [4.69, 9.17) is 15.0 Å². The normalized spacial score (nSPS) is 11.0. The van der Waals surface area contributed by atoms with E-state index in [1.807, 2.05) is 12.1 Å². The van der Waals surface area contributed by atoms with Crippen LogP contribution in [-0.4, -0.2) is 21.2 Å². The lowest BCUT2D eigenvalue weighted by atomic mass is 10.2. The number of pyridine rings is 1. The lowest BCUT2D eigenvalue weighted by molar-refractivity contribution is -0.134. The van der Waals surface area contributed by atoms with E-state index in [0.29, 0.717) is 0 Å². The summed E-state index contributed by atoms with van der Waals surface area (Å²) in [7, 11) is 0. The van der Waals surface area contributed by atoms with Crippen LogP contribution >= 0.6 is 0 Å². The Morgan fingerprint density at radius 1 is 1.54 bits per heavy atom. The molecule has 0 saturated heterocycles. The lowest BCUT2D eigenvalue weighted by Crippen LogP contribution is -1.92. The van der Waals surface area contributed by atoms with Gasteiger partial charge in [-0.3, -0.25) is 9.78 Å². The number of hydrogen-bond donors (Lipinski definition) is 2. The van der Waals surface area contributed by atoms with Gasteiger partial charge < -0.3 is 10.2 Å². The number of aliphatic hydroxyl groups is 1. The van der Waals surface area contributed by atoms with Gasteiger partial charge in [-0.1, -0.05) is 6.07 Å². The second-order valence-electron chi connectivity index (χ2n) is 2.45. The summed E-state index contributed by atoms with van der Waals surface area (Å²) >= 11 is 0. The number of aliphatic hydroxyl groups excluding tert-OH is 1. The number of aromatic nitrogens is 1. The number of nitrogens with zero attached hydrogens (tertiary/aromatic N) is 1. The highest BCUT2D eigenvalue weighted by atomic mass is 16.4. The minimum Gasteiger partial charge on any atom is -0.481 e. The molecule has 2 N–H and O–H groups in total. The highest BCUT2D eigenvalue weighted by Crippen LogP contribution is 2.05. The molecule has 1 aromatic heterocycles. The van der Waals surface area contributed by atoms with Crippen molar-refractivity contribution in [1.29, 1.82) is 0 Å².